The first kappa shape index (κ1) is 7.91. The van der Waals surface area contributed by atoms with Crippen molar-refractivity contribution in [3.05, 3.63) is 0 Å². The molecule has 0 saturated carbocycles. The number of alkyl halides is 1. The minimum Gasteiger partial charge on any atom is -0.390 e. The van der Waals surface area contributed by atoms with Crippen molar-refractivity contribution in [3.8, 4) is 0 Å². The van der Waals surface area contributed by atoms with Gasteiger partial charge >= 0.3 is 0 Å². The fourth-order valence-electron chi connectivity index (χ4n) is 1.09. The molecule has 60 valence electrons. The number of rotatable bonds is 1. The number of halogens is 1. The number of likely N-dealkylation sites (tertiary alicyclic amines) is 1. The summed E-state index contributed by atoms with van der Waals surface area (Å²) in [5.41, 5.74) is 0. The average Bonchev–Trinajstić information content (AvgIpc) is 1.95. The van der Waals surface area contributed by atoms with Gasteiger partial charge in [0, 0.05) is 13.1 Å². The van der Waals surface area contributed by atoms with Gasteiger partial charge in [-0.15, -0.1) is 0 Å². The van der Waals surface area contributed by atoms with Crippen molar-refractivity contribution in [2.24, 2.45) is 0 Å². The predicted molar refractivity (Wildman–Crippen MR) is 34.2 cm³/mol. The van der Waals surface area contributed by atoms with Crippen molar-refractivity contribution in [1.82, 2.24) is 4.90 Å². The Kier molecular flexibility index (Phi) is 2.59. The van der Waals surface area contributed by atoms with Crippen LogP contribution < -0.4 is 0 Å². The van der Waals surface area contributed by atoms with E-state index >= 15 is 0 Å². The number of hydrogen-bond acceptors (Lipinski definition) is 3. The molecule has 0 spiro atoms. The van der Waals surface area contributed by atoms with Gasteiger partial charge in [-0.3, -0.25) is 4.90 Å². The standard InChI is InChI=1S/C6H12FNO2/c7-4-8-2-1-5(9)6(10)3-8/h5-6,9-10H,1-4H2. The molecule has 1 fully saturated rings. The van der Waals surface area contributed by atoms with E-state index in [-0.39, 0.29) is 6.54 Å². The maximum atomic E-state index is 11.9. The van der Waals surface area contributed by atoms with E-state index in [2.05, 4.69) is 0 Å². The summed E-state index contributed by atoms with van der Waals surface area (Å²) in [4.78, 5) is 1.47. The van der Waals surface area contributed by atoms with Crippen molar-refractivity contribution in [1.29, 1.82) is 0 Å². The monoisotopic (exact) mass is 149 g/mol. The van der Waals surface area contributed by atoms with Gasteiger partial charge in [-0.1, -0.05) is 0 Å². The zero-order valence-corrected chi connectivity index (χ0v) is 5.70. The van der Waals surface area contributed by atoms with Crippen LogP contribution in [0.1, 0.15) is 6.42 Å². The molecule has 1 aliphatic rings. The number of piperidine rings is 1. The molecule has 2 unspecified atom stereocenters. The summed E-state index contributed by atoms with van der Waals surface area (Å²) < 4.78 is 11.9. The van der Waals surface area contributed by atoms with Crippen LogP contribution in [-0.4, -0.2) is 47.2 Å². The van der Waals surface area contributed by atoms with Crippen molar-refractivity contribution in [3.63, 3.8) is 0 Å². The minimum atomic E-state index is -0.774. The fraction of sp³-hybridized carbons (Fsp3) is 1.00. The van der Waals surface area contributed by atoms with Gasteiger partial charge in [0.05, 0.1) is 12.2 Å². The first-order chi connectivity index (χ1) is 4.74. The van der Waals surface area contributed by atoms with Gasteiger partial charge in [0.15, 0.2) is 0 Å². The van der Waals surface area contributed by atoms with E-state index in [1.807, 2.05) is 0 Å². The first-order valence-corrected chi connectivity index (χ1v) is 3.38. The zero-order valence-electron chi connectivity index (χ0n) is 5.70. The molecule has 0 amide bonds. The molecule has 0 aromatic heterocycles. The third kappa shape index (κ3) is 1.65. The summed E-state index contributed by atoms with van der Waals surface area (Å²) in [7, 11) is 0. The molecule has 0 aromatic rings. The van der Waals surface area contributed by atoms with Crippen molar-refractivity contribution >= 4 is 0 Å². The number of hydrogen-bond donors (Lipinski definition) is 2. The second kappa shape index (κ2) is 3.27. The molecule has 1 heterocycles. The molecule has 1 saturated heterocycles. The predicted octanol–water partition coefficient (Wildman–Crippen LogP) is -0.659. The molecule has 3 nitrogen and oxygen atoms in total. The van der Waals surface area contributed by atoms with Crippen LogP contribution in [0.4, 0.5) is 4.39 Å². The lowest BCUT2D eigenvalue weighted by Gasteiger charge is -2.31. The summed E-state index contributed by atoms with van der Waals surface area (Å²) in [6.45, 7) is 0.246. The van der Waals surface area contributed by atoms with E-state index < -0.39 is 19.0 Å². The van der Waals surface area contributed by atoms with Crippen molar-refractivity contribution < 1.29 is 14.6 Å². The lowest BCUT2D eigenvalue weighted by atomic mass is 10.1. The Balaban J connectivity index is 2.33. The van der Waals surface area contributed by atoms with Gasteiger partial charge in [-0.2, -0.15) is 0 Å². The molecule has 1 aliphatic heterocycles. The highest BCUT2D eigenvalue weighted by Gasteiger charge is 2.25. The summed E-state index contributed by atoms with van der Waals surface area (Å²) in [6.07, 6.45) is -0.974. The molecular formula is C6H12FNO2. The minimum absolute atomic E-state index is 0.248. The molecule has 0 radical (unpaired) electrons. The number of β-amino-alcohol motifs (C(OH)–C–C–N with tert-alkyl or cyclic N) is 1. The Morgan fingerprint density at radius 3 is 2.60 bits per heavy atom. The van der Waals surface area contributed by atoms with Gasteiger partial charge in [-0.25, -0.2) is 4.39 Å². The molecular weight excluding hydrogens is 137 g/mol. The lowest BCUT2D eigenvalue weighted by Crippen LogP contribution is -2.46. The smallest absolute Gasteiger partial charge is 0.143 e. The normalized spacial score (nSPS) is 36.3. The van der Waals surface area contributed by atoms with Gasteiger partial charge in [0.1, 0.15) is 6.80 Å². The van der Waals surface area contributed by atoms with Crippen molar-refractivity contribution in [2.75, 3.05) is 19.9 Å². The molecule has 4 heteroatoms. The number of aliphatic hydroxyl groups excluding tert-OH is 2. The highest BCUT2D eigenvalue weighted by molar-refractivity contribution is 4.77. The van der Waals surface area contributed by atoms with Crippen LogP contribution in [0.25, 0.3) is 0 Å². The third-order valence-electron chi connectivity index (χ3n) is 1.80. The van der Waals surface area contributed by atoms with E-state index in [1.54, 1.807) is 0 Å². The van der Waals surface area contributed by atoms with Gasteiger partial charge in [0.25, 0.3) is 0 Å². The maximum Gasteiger partial charge on any atom is 0.143 e. The van der Waals surface area contributed by atoms with Gasteiger partial charge < -0.3 is 10.2 Å². The van der Waals surface area contributed by atoms with Crippen LogP contribution in [0, 0.1) is 0 Å². The average molecular weight is 149 g/mol. The maximum absolute atomic E-state index is 11.9. The van der Waals surface area contributed by atoms with Crippen LogP contribution in [0.5, 0.6) is 0 Å². The molecule has 2 atom stereocenters. The molecule has 10 heavy (non-hydrogen) atoms. The van der Waals surface area contributed by atoms with E-state index in [0.717, 1.165) is 0 Å². The Morgan fingerprint density at radius 1 is 1.40 bits per heavy atom. The molecule has 0 aliphatic carbocycles. The zero-order chi connectivity index (χ0) is 7.56. The Labute approximate surface area is 59.1 Å². The van der Waals surface area contributed by atoms with Crippen LogP contribution in [-0.2, 0) is 0 Å². The van der Waals surface area contributed by atoms with Crippen LogP contribution in [0.2, 0.25) is 0 Å². The van der Waals surface area contributed by atoms with E-state index in [1.165, 1.54) is 4.90 Å². The molecule has 0 aromatic carbocycles. The topological polar surface area (TPSA) is 43.7 Å². The quantitative estimate of drug-likeness (QED) is 0.486. The fourth-order valence-corrected chi connectivity index (χ4v) is 1.09. The van der Waals surface area contributed by atoms with E-state index in [0.29, 0.717) is 13.0 Å². The second-order valence-electron chi connectivity index (χ2n) is 2.62. The largest absolute Gasteiger partial charge is 0.390 e. The summed E-state index contributed by atoms with van der Waals surface area (Å²) in [6, 6.07) is 0. The molecule has 2 N–H and O–H groups in total. The van der Waals surface area contributed by atoms with Crippen molar-refractivity contribution in [2.45, 2.75) is 18.6 Å². The third-order valence-corrected chi connectivity index (χ3v) is 1.80. The summed E-state index contributed by atoms with van der Waals surface area (Å²) in [5, 5.41) is 18.0. The van der Waals surface area contributed by atoms with Gasteiger partial charge in [-0.05, 0) is 6.42 Å². The highest BCUT2D eigenvalue weighted by Crippen LogP contribution is 2.09. The number of aliphatic hydroxyl groups is 2. The highest BCUT2D eigenvalue weighted by atomic mass is 19.1. The first-order valence-electron chi connectivity index (χ1n) is 3.38. The second-order valence-corrected chi connectivity index (χ2v) is 2.62. The van der Waals surface area contributed by atoms with Crippen LogP contribution in [0.3, 0.4) is 0 Å². The Morgan fingerprint density at radius 2 is 2.10 bits per heavy atom. The van der Waals surface area contributed by atoms with Gasteiger partial charge in [0.2, 0.25) is 0 Å². The Hall–Kier alpha value is -0.190. The molecule has 0 bridgehead atoms. The lowest BCUT2D eigenvalue weighted by molar-refractivity contribution is -0.0473. The number of nitrogens with zero attached hydrogens (tertiary/aromatic N) is 1. The SMILES string of the molecule is OC1CCN(CF)CC1O. The summed E-state index contributed by atoms with van der Waals surface area (Å²) in [5.74, 6) is 0. The van der Waals surface area contributed by atoms with E-state index in [4.69, 9.17) is 10.2 Å². The Bertz CT molecular complexity index is 112. The summed E-state index contributed by atoms with van der Waals surface area (Å²) >= 11 is 0. The van der Waals surface area contributed by atoms with Crippen LogP contribution in [0.15, 0.2) is 0 Å². The van der Waals surface area contributed by atoms with E-state index in [9.17, 15) is 4.39 Å². The van der Waals surface area contributed by atoms with Crippen LogP contribution >= 0.6 is 0 Å². The molecule has 1 rings (SSSR count).